The Labute approximate surface area is 131 Å². The van der Waals surface area contributed by atoms with Gasteiger partial charge in [0.1, 0.15) is 18.1 Å². The molecule has 0 atom stereocenters. The molecular weight excluding hydrogens is 286 g/mol. The maximum atomic E-state index is 6.08. The van der Waals surface area contributed by atoms with Crippen LogP contribution in [0.2, 0.25) is 5.02 Å². The van der Waals surface area contributed by atoms with Crippen molar-refractivity contribution in [2.45, 2.75) is 46.1 Å². The highest BCUT2D eigenvalue weighted by Crippen LogP contribution is 2.17. The molecule has 3 nitrogen and oxygen atoms in total. The number of rotatable bonds is 6. The summed E-state index contributed by atoms with van der Waals surface area (Å²) in [6, 6.07) is 11.6. The molecule has 0 saturated heterocycles. The zero-order valence-electron chi connectivity index (χ0n) is 12.8. The van der Waals surface area contributed by atoms with Crippen molar-refractivity contribution in [1.29, 1.82) is 0 Å². The van der Waals surface area contributed by atoms with Crippen molar-refractivity contribution in [2.24, 2.45) is 0 Å². The third-order valence-corrected chi connectivity index (χ3v) is 3.34. The number of hydrogen-bond donors (Lipinski definition) is 1. The molecule has 21 heavy (non-hydrogen) atoms. The topological polar surface area (TPSA) is 34.4 Å². The zero-order chi connectivity index (χ0) is 15.3. The minimum Gasteiger partial charge on any atom is -0.462 e. The lowest BCUT2D eigenvalue weighted by molar-refractivity contribution is 0.0919. The summed E-state index contributed by atoms with van der Waals surface area (Å²) in [6.07, 6.45) is 0. The molecule has 0 bridgehead atoms. The molecule has 0 amide bonds. The lowest BCUT2D eigenvalue weighted by Gasteiger charge is -2.19. The van der Waals surface area contributed by atoms with Crippen LogP contribution in [-0.2, 0) is 24.5 Å². The van der Waals surface area contributed by atoms with Gasteiger partial charge in [0.2, 0.25) is 0 Å². The molecule has 0 aliphatic carbocycles. The van der Waals surface area contributed by atoms with Gasteiger partial charge in [-0.1, -0.05) is 29.8 Å². The van der Waals surface area contributed by atoms with Crippen LogP contribution in [0.15, 0.2) is 40.8 Å². The highest BCUT2D eigenvalue weighted by molar-refractivity contribution is 6.31. The lowest BCUT2D eigenvalue weighted by Crippen LogP contribution is -2.34. The number of nitrogens with one attached hydrogen (secondary N) is 1. The van der Waals surface area contributed by atoms with E-state index in [1.807, 2.05) is 36.4 Å². The second-order valence-electron chi connectivity index (χ2n) is 6.06. The van der Waals surface area contributed by atoms with Crippen molar-refractivity contribution >= 4 is 11.6 Å². The summed E-state index contributed by atoms with van der Waals surface area (Å²) in [7, 11) is 0. The third kappa shape index (κ3) is 5.54. The largest absolute Gasteiger partial charge is 0.462 e. The van der Waals surface area contributed by atoms with E-state index in [1.165, 1.54) is 0 Å². The van der Waals surface area contributed by atoms with Crippen molar-refractivity contribution in [3.63, 3.8) is 0 Å². The summed E-state index contributed by atoms with van der Waals surface area (Å²) < 4.78 is 11.4. The molecule has 1 aromatic heterocycles. The highest BCUT2D eigenvalue weighted by Gasteiger charge is 2.10. The fraction of sp³-hybridized carbons (Fsp3) is 0.412. The van der Waals surface area contributed by atoms with Gasteiger partial charge < -0.3 is 14.5 Å². The number of ether oxygens (including phenoxy) is 1. The van der Waals surface area contributed by atoms with E-state index in [2.05, 4.69) is 26.1 Å². The SMILES string of the molecule is CC(C)(C)NCc1ccc(COCc2ccccc2Cl)o1. The summed E-state index contributed by atoms with van der Waals surface area (Å²) >= 11 is 6.08. The number of halogens is 1. The predicted molar refractivity (Wildman–Crippen MR) is 85.2 cm³/mol. The molecule has 0 unspecified atom stereocenters. The van der Waals surface area contributed by atoms with E-state index in [-0.39, 0.29) is 5.54 Å². The number of hydrogen-bond acceptors (Lipinski definition) is 3. The van der Waals surface area contributed by atoms with Gasteiger partial charge in [-0.25, -0.2) is 0 Å². The molecule has 0 saturated carbocycles. The van der Waals surface area contributed by atoms with E-state index in [1.54, 1.807) is 0 Å². The van der Waals surface area contributed by atoms with Gasteiger partial charge in [0.25, 0.3) is 0 Å². The van der Waals surface area contributed by atoms with Gasteiger partial charge in [0.05, 0.1) is 13.2 Å². The van der Waals surface area contributed by atoms with E-state index in [9.17, 15) is 0 Å². The molecule has 1 aromatic carbocycles. The quantitative estimate of drug-likeness (QED) is 0.851. The molecule has 0 spiro atoms. The first-order valence-electron chi connectivity index (χ1n) is 7.08. The van der Waals surface area contributed by atoms with Crippen molar-refractivity contribution in [3.8, 4) is 0 Å². The second-order valence-corrected chi connectivity index (χ2v) is 6.46. The maximum absolute atomic E-state index is 6.08. The van der Waals surface area contributed by atoms with E-state index in [0.717, 1.165) is 22.1 Å². The fourth-order valence-electron chi connectivity index (χ4n) is 1.82. The van der Waals surface area contributed by atoms with Crippen LogP contribution < -0.4 is 5.32 Å². The minimum absolute atomic E-state index is 0.0769. The Kier molecular flexibility index (Phi) is 5.45. The minimum atomic E-state index is 0.0769. The van der Waals surface area contributed by atoms with Crippen molar-refractivity contribution in [2.75, 3.05) is 0 Å². The Hall–Kier alpha value is -1.29. The van der Waals surface area contributed by atoms with Crippen LogP contribution in [0.5, 0.6) is 0 Å². The molecule has 0 aliphatic heterocycles. The van der Waals surface area contributed by atoms with E-state index >= 15 is 0 Å². The fourth-order valence-corrected chi connectivity index (χ4v) is 2.01. The highest BCUT2D eigenvalue weighted by atomic mass is 35.5. The first kappa shape index (κ1) is 16.1. The molecule has 2 aromatic rings. The lowest BCUT2D eigenvalue weighted by atomic mass is 10.1. The van der Waals surface area contributed by atoms with Crippen LogP contribution in [0.1, 0.15) is 37.9 Å². The third-order valence-electron chi connectivity index (χ3n) is 2.97. The Morgan fingerprint density at radius 2 is 1.76 bits per heavy atom. The Balaban J connectivity index is 1.79. The standard InChI is InChI=1S/C17H22ClNO2/c1-17(2,3)19-10-14-8-9-15(21-14)12-20-11-13-6-4-5-7-16(13)18/h4-9,19H,10-12H2,1-3H3. The second kappa shape index (κ2) is 7.12. The van der Waals surface area contributed by atoms with Gasteiger partial charge >= 0.3 is 0 Å². The van der Waals surface area contributed by atoms with E-state index in [4.69, 9.17) is 20.8 Å². The number of furan rings is 1. The van der Waals surface area contributed by atoms with Gasteiger partial charge in [-0.05, 0) is 44.5 Å². The molecule has 0 aliphatic rings. The summed E-state index contributed by atoms with van der Waals surface area (Å²) in [4.78, 5) is 0. The summed E-state index contributed by atoms with van der Waals surface area (Å²) in [5.74, 6) is 1.74. The molecule has 114 valence electrons. The molecule has 2 rings (SSSR count). The van der Waals surface area contributed by atoms with Gasteiger partial charge in [-0.3, -0.25) is 0 Å². The maximum Gasteiger partial charge on any atom is 0.129 e. The van der Waals surface area contributed by atoms with Crippen molar-refractivity contribution in [1.82, 2.24) is 5.32 Å². The molecule has 1 heterocycles. The summed E-state index contributed by atoms with van der Waals surface area (Å²) in [5, 5.41) is 4.12. The van der Waals surface area contributed by atoms with Crippen LogP contribution in [0.4, 0.5) is 0 Å². The smallest absolute Gasteiger partial charge is 0.129 e. The van der Waals surface area contributed by atoms with E-state index < -0.39 is 0 Å². The Morgan fingerprint density at radius 3 is 2.48 bits per heavy atom. The van der Waals surface area contributed by atoms with Gasteiger partial charge in [0.15, 0.2) is 0 Å². The normalized spacial score (nSPS) is 11.8. The Bertz CT molecular complexity index is 572. The van der Waals surface area contributed by atoms with Crippen LogP contribution in [0.25, 0.3) is 0 Å². The predicted octanol–water partition coefficient (Wildman–Crippen LogP) is 4.54. The van der Waals surface area contributed by atoms with Gasteiger partial charge in [-0.2, -0.15) is 0 Å². The zero-order valence-corrected chi connectivity index (χ0v) is 13.5. The molecular formula is C17H22ClNO2. The molecule has 1 N–H and O–H groups in total. The average molecular weight is 308 g/mol. The van der Waals surface area contributed by atoms with Crippen LogP contribution in [0.3, 0.4) is 0 Å². The summed E-state index contributed by atoms with van der Waals surface area (Å²) in [5.41, 5.74) is 1.06. The van der Waals surface area contributed by atoms with E-state index in [0.29, 0.717) is 19.8 Å². The Morgan fingerprint density at radius 1 is 1.05 bits per heavy atom. The first-order valence-corrected chi connectivity index (χ1v) is 7.45. The van der Waals surface area contributed by atoms with Crippen LogP contribution in [0, 0.1) is 0 Å². The average Bonchev–Trinajstić information content (AvgIpc) is 2.86. The van der Waals surface area contributed by atoms with Gasteiger partial charge in [0, 0.05) is 10.6 Å². The van der Waals surface area contributed by atoms with Crippen molar-refractivity contribution < 1.29 is 9.15 Å². The van der Waals surface area contributed by atoms with Crippen molar-refractivity contribution in [3.05, 3.63) is 58.5 Å². The van der Waals surface area contributed by atoms with Crippen LogP contribution >= 0.6 is 11.6 Å². The summed E-state index contributed by atoms with van der Waals surface area (Å²) in [6.45, 7) is 8.03. The molecule has 0 radical (unpaired) electrons. The molecule has 4 heteroatoms. The number of benzene rings is 1. The first-order chi connectivity index (χ1) is 9.94. The molecule has 0 fully saturated rings. The monoisotopic (exact) mass is 307 g/mol. The van der Waals surface area contributed by atoms with Gasteiger partial charge in [-0.15, -0.1) is 0 Å². The van der Waals surface area contributed by atoms with Crippen LogP contribution in [-0.4, -0.2) is 5.54 Å².